The van der Waals surface area contributed by atoms with E-state index in [9.17, 15) is 0 Å². The Labute approximate surface area is 262 Å². The Morgan fingerprint density at radius 3 is 1.51 bits per heavy atom. The lowest BCUT2D eigenvalue weighted by Gasteiger charge is -2.22. The minimum Gasteiger partial charge on any atom is -0.252 e. The molecular weight excluding hydrogens is 544 g/mol. The van der Waals surface area contributed by atoms with Gasteiger partial charge < -0.3 is 0 Å². The molecule has 0 unspecified atom stereocenters. The Hall–Kier alpha value is -5.60. The van der Waals surface area contributed by atoms with Crippen LogP contribution in [0.5, 0.6) is 0 Å². The van der Waals surface area contributed by atoms with Gasteiger partial charge in [0.2, 0.25) is 0 Å². The molecule has 0 N–H and O–H groups in total. The molecule has 45 heavy (non-hydrogen) atoms. The average Bonchev–Trinajstić information content (AvgIpc) is 3.33. The first-order chi connectivity index (χ1) is 22.1. The van der Waals surface area contributed by atoms with E-state index >= 15 is 0 Å². The van der Waals surface area contributed by atoms with Crippen LogP contribution >= 0.6 is 0 Å². The van der Waals surface area contributed by atoms with Crippen molar-refractivity contribution in [1.29, 1.82) is 0 Å². The summed E-state index contributed by atoms with van der Waals surface area (Å²) in [4.78, 5) is 9.80. The smallest absolute Gasteiger partial charge is 0.0974 e. The van der Waals surface area contributed by atoms with Gasteiger partial charge in [0.1, 0.15) is 0 Å². The fraction of sp³-hybridized carbons (Fsp3) is 0.0698. The summed E-state index contributed by atoms with van der Waals surface area (Å²) >= 11 is 0. The van der Waals surface area contributed by atoms with E-state index in [0.717, 1.165) is 22.2 Å². The molecule has 7 aromatic carbocycles. The number of hydrogen-bond donors (Lipinski definition) is 0. The highest BCUT2D eigenvalue weighted by molar-refractivity contribution is 6.21. The van der Waals surface area contributed by atoms with Gasteiger partial charge in [-0.2, -0.15) is 0 Å². The van der Waals surface area contributed by atoms with Crippen molar-refractivity contribution in [2.45, 2.75) is 19.3 Å². The zero-order valence-electron chi connectivity index (χ0n) is 25.3. The zero-order valence-corrected chi connectivity index (χ0v) is 25.3. The highest BCUT2D eigenvalue weighted by atomic mass is 14.8. The number of rotatable bonds is 3. The molecule has 1 aliphatic carbocycles. The summed E-state index contributed by atoms with van der Waals surface area (Å²) in [6, 6.07) is 48.6. The van der Waals surface area contributed by atoms with Crippen molar-refractivity contribution in [1.82, 2.24) is 9.97 Å². The van der Waals surface area contributed by atoms with Crippen molar-refractivity contribution in [2.75, 3.05) is 0 Å². The molecule has 0 aliphatic heterocycles. The minimum atomic E-state index is -0.120. The summed E-state index contributed by atoms with van der Waals surface area (Å²) in [6.45, 7) is 4.64. The van der Waals surface area contributed by atoms with Crippen LogP contribution < -0.4 is 0 Å². The van der Waals surface area contributed by atoms with Gasteiger partial charge in [-0.25, -0.2) is 0 Å². The molecule has 0 radical (unpaired) electrons. The molecule has 0 atom stereocenters. The first-order valence-electron chi connectivity index (χ1n) is 15.6. The number of fused-ring (bicyclic) bond motifs is 7. The first kappa shape index (κ1) is 25.9. The van der Waals surface area contributed by atoms with Crippen molar-refractivity contribution in [3.63, 3.8) is 0 Å². The summed E-state index contributed by atoms with van der Waals surface area (Å²) < 4.78 is 0. The van der Waals surface area contributed by atoms with Gasteiger partial charge in [0, 0.05) is 28.9 Å². The van der Waals surface area contributed by atoms with E-state index in [0.29, 0.717) is 0 Å². The highest BCUT2D eigenvalue weighted by Gasteiger charge is 2.37. The lowest BCUT2D eigenvalue weighted by atomic mass is 9.81. The quantitative estimate of drug-likeness (QED) is 0.196. The predicted molar refractivity (Wildman–Crippen MR) is 188 cm³/mol. The maximum Gasteiger partial charge on any atom is 0.0974 e. The summed E-state index contributed by atoms with van der Waals surface area (Å²) in [6.07, 6.45) is 3.63. The third-order valence-corrected chi connectivity index (χ3v) is 9.77. The van der Waals surface area contributed by atoms with Crippen molar-refractivity contribution in [3.05, 3.63) is 157 Å². The van der Waals surface area contributed by atoms with Crippen molar-refractivity contribution in [3.8, 4) is 44.5 Å². The number of aromatic nitrogens is 2. The lowest BCUT2D eigenvalue weighted by Crippen LogP contribution is -2.15. The molecule has 8 aromatic rings. The molecule has 9 rings (SSSR count). The molecule has 2 nitrogen and oxygen atoms in total. The molecule has 212 valence electrons. The maximum absolute atomic E-state index is 4.91. The Morgan fingerprint density at radius 1 is 0.400 bits per heavy atom. The fourth-order valence-electron chi connectivity index (χ4n) is 7.68. The molecule has 1 aliphatic rings. The summed E-state index contributed by atoms with van der Waals surface area (Å²) in [5, 5.41) is 5.05. The van der Waals surface area contributed by atoms with Crippen molar-refractivity contribution >= 4 is 32.6 Å². The molecule has 0 fully saturated rings. The van der Waals surface area contributed by atoms with Crippen LogP contribution in [0.25, 0.3) is 77.1 Å². The van der Waals surface area contributed by atoms with Gasteiger partial charge in [-0.1, -0.05) is 141 Å². The minimum absolute atomic E-state index is 0.120. The van der Waals surface area contributed by atoms with Gasteiger partial charge in [0.25, 0.3) is 0 Å². The topological polar surface area (TPSA) is 25.8 Å². The first-order valence-corrected chi connectivity index (χ1v) is 15.6. The van der Waals surface area contributed by atoms with Crippen LogP contribution in [-0.4, -0.2) is 9.97 Å². The highest BCUT2D eigenvalue weighted by Crippen LogP contribution is 2.52. The Kier molecular flexibility index (Phi) is 5.58. The fourth-order valence-corrected chi connectivity index (χ4v) is 7.68. The van der Waals surface area contributed by atoms with Gasteiger partial charge in [-0.05, 0) is 72.1 Å². The van der Waals surface area contributed by atoms with Crippen LogP contribution in [0.4, 0.5) is 0 Å². The summed E-state index contributed by atoms with van der Waals surface area (Å²) in [5.74, 6) is 0. The molecular formula is C43H30N2. The molecule has 0 saturated carbocycles. The standard InChI is InChI=1S/C43H30N2/c1-43(2)36-19-11-10-18-34(36)40-37(43)26-35(41-42(40)45-25-24-44-41)27-20-22-29(23-21-27)39-32-16-8-6-14-30(32)38(28-12-4-3-5-13-28)31-15-7-9-17-33(31)39/h3-26H,1-2H3. The van der Waals surface area contributed by atoms with E-state index in [2.05, 4.69) is 147 Å². The van der Waals surface area contributed by atoms with Crippen LogP contribution in [0.3, 0.4) is 0 Å². The normalized spacial score (nSPS) is 13.3. The lowest BCUT2D eigenvalue weighted by molar-refractivity contribution is 0.661. The SMILES string of the molecule is CC1(C)c2ccccc2-c2c1cc(-c1ccc(-c3c4ccccc4c(-c4ccccc4)c4ccccc34)cc1)c1nccnc21. The maximum atomic E-state index is 4.91. The van der Waals surface area contributed by atoms with E-state index < -0.39 is 0 Å². The molecule has 2 heteroatoms. The summed E-state index contributed by atoms with van der Waals surface area (Å²) in [7, 11) is 0. The predicted octanol–water partition coefficient (Wildman–Crippen LogP) is 11.2. The van der Waals surface area contributed by atoms with Crippen LogP contribution in [0.15, 0.2) is 146 Å². The Balaban J connectivity index is 1.26. The molecule has 0 saturated heterocycles. The van der Waals surface area contributed by atoms with Crippen LogP contribution in [0.2, 0.25) is 0 Å². The van der Waals surface area contributed by atoms with E-state index in [1.54, 1.807) is 0 Å². The molecule has 1 heterocycles. The average molecular weight is 575 g/mol. The number of hydrogen-bond acceptors (Lipinski definition) is 2. The van der Waals surface area contributed by atoms with Crippen LogP contribution in [-0.2, 0) is 5.41 Å². The zero-order chi connectivity index (χ0) is 30.1. The van der Waals surface area contributed by atoms with Gasteiger partial charge in [0.15, 0.2) is 0 Å². The largest absolute Gasteiger partial charge is 0.252 e. The molecule has 0 bridgehead atoms. The van der Waals surface area contributed by atoms with Gasteiger partial charge in [-0.3, -0.25) is 9.97 Å². The molecule has 1 aromatic heterocycles. The van der Waals surface area contributed by atoms with Gasteiger partial charge >= 0.3 is 0 Å². The van der Waals surface area contributed by atoms with E-state index in [-0.39, 0.29) is 5.41 Å². The van der Waals surface area contributed by atoms with E-state index in [1.807, 2.05) is 12.4 Å². The Morgan fingerprint density at radius 2 is 0.889 bits per heavy atom. The second kappa shape index (κ2) is 9.70. The third-order valence-electron chi connectivity index (χ3n) is 9.77. The number of nitrogens with zero attached hydrogens (tertiary/aromatic N) is 2. The number of benzene rings is 7. The van der Waals surface area contributed by atoms with Gasteiger partial charge in [-0.15, -0.1) is 0 Å². The second-order valence-electron chi connectivity index (χ2n) is 12.6. The van der Waals surface area contributed by atoms with E-state index in [4.69, 9.17) is 9.97 Å². The van der Waals surface area contributed by atoms with Gasteiger partial charge in [0.05, 0.1) is 11.0 Å². The van der Waals surface area contributed by atoms with Crippen LogP contribution in [0, 0.1) is 0 Å². The Bertz CT molecular complexity index is 2380. The molecule has 0 spiro atoms. The molecule has 0 amide bonds. The summed E-state index contributed by atoms with van der Waals surface area (Å²) in [5.41, 5.74) is 14.2. The van der Waals surface area contributed by atoms with Crippen molar-refractivity contribution in [2.24, 2.45) is 0 Å². The third kappa shape index (κ3) is 3.76. The van der Waals surface area contributed by atoms with Crippen molar-refractivity contribution < 1.29 is 0 Å². The monoisotopic (exact) mass is 574 g/mol. The second-order valence-corrected chi connectivity index (χ2v) is 12.6. The van der Waals surface area contributed by atoms with Crippen LogP contribution in [0.1, 0.15) is 25.0 Å². The van der Waals surface area contributed by atoms with E-state index in [1.165, 1.54) is 66.1 Å².